The second kappa shape index (κ2) is 10.4. The van der Waals surface area contributed by atoms with E-state index in [0.717, 1.165) is 11.1 Å². The summed E-state index contributed by atoms with van der Waals surface area (Å²) >= 11 is 1.33. The van der Waals surface area contributed by atoms with Crippen molar-refractivity contribution in [3.05, 3.63) is 93.7 Å². The van der Waals surface area contributed by atoms with Gasteiger partial charge in [-0.3, -0.25) is 14.4 Å². The molecule has 0 bridgehead atoms. The number of rotatable bonds is 8. The van der Waals surface area contributed by atoms with Gasteiger partial charge < -0.3 is 16.0 Å². The number of hydrogen-bond donors (Lipinski definition) is 3. The Hall–Kier alpha value is -3.45. The molecular formula is C23H23N3O3S. The summed E-state index contributed by atoms with van der Waals surface area (Å²) in [5.74, 6) is -0.745. The number of thiophene rings is 1. The molecule has 3 N–H and O–H groups in total. The highest BCUT2D eigenvalue weighted by molar-refractivity contribution is 7.12. The van der Waals surface area contributed by atoms with Crippen LogP contribution in [-0.2, 0) is 17.8 Å². The molecule has 0 aliphatic heterocycles. The van der Waals surface area contributed by atoms with Gasteiger partial charge in [-0.15, -0.1) is 11.3 Å². The van der Waals surface area contributed by atoms with Crippen molar-refractivity contribution in [2.75, 3.05) is 7.05 Å². The molecular weight excluding hydrogens is 398 g/mol. The Balaban J connectivity index is 1.69. The lowest BCUT2D eigenvalue weighted by Gasteiger charge is -2.18. The summed E-state index contributed by atoms with van der Waals surface area (Å²) in [4.78, 5) is 37.8. The van der Waals surface area contributed by atoms with Crippen molar-refractivity contribution >= 4 is 29.1 Å². The minimum Gasteiger partial charge on any atom is -0.355 e. The second-order valence-electron chi connectivity index (χ2n) is 6.69. The third-order valence-corrected chi connectivity index (χ3v) is 5.40. The molecule has 0 spiro atoms. The van der Waals surface area contributed by atoms with Crippen LogP contribution in [0.4, 0.5) is 0 Å². The molecule has 0 aliphatic rings. The smallest absolute Gasteiger partial charge is 0.262 e. The number of carbonyl (C=O) groups excluding carboxylic acids is 3. The quantitative estimate of drug-likeness (QED) is 0.523. The average Bonchev–Trinajstić information content (AvgIpc) is 3.32. The molecule has 6 nitrogen and oxygen atoms in total. The van der Waals surface area contributed by atoms with E-state index in [1.54, 1.807) is 37.4 Å². The molecule has 3 amide bonds. The zero-order valence-corrected chi connectivity index (χ0v) is 17.4. The number of benzene rings is 2. The van der Waals surface area contributed by atoms with Crippen LogP contribution in [0.1, 0.15) is 31.2 Å². The van der Waals surface area contributed by atoms with Gasteiger partial charge in [0, 0.05) is 25.6 Å². The molecule has 7 heteroatoms. The summed E-state index contributed by atoms with van der Waals surface area (Å²) in [6, 6.07) is 19.4. The van der Waals surface area contributed by atoms with Crippen LogP contribution in [0.2, 0.25) is 0 Å². The minimum absolute atomic E-state index is 0.187. The van der Waals surface area contributed by atoms with E-state index in [4.69, 9.17) is 0 Å². The predicted molar refractivity (Wildman–Crippen MR) is 117 cm³/mol. The molecule has 1 atom stereocenters. The minimum atomic E-state index is -0.718. The van der Waals surface area contributed by atoms with Crippen LogP contribution < -0.4 is 16.0 Å². The van der Waals surface area contributed by atoms with Crippen LogP contribution in [-0.4, -0.2) is 30.8 Å². The maximum atomic E-state index is 12.9. The molecule has 2 aromatic carbocycles. The number of hydrogen-bond acceptors (Lipinski definition) is 4. The topological polar surface area (TPSA) is 87.3 Å². The molecule has 0 fully saturated rings. The second-order valence-corrected chi connectivity index (χ2v) is 7.64. The predicted octanol–water partition coefficient (Wildman–Crippen LogP) is 2.77. The summed E-state index contributed by atoms with van der Waals surface area (Å²) < 4.78 is 0. The van der Waals surface area contributed by atoms with Crippen LogP contribution in [0.25, 0.3) is 0 Å². The molecule has 3 rings (SSSR count). The first-order valence-corrected chi connectivity index (χ1v) is 10.4. The van der Waals surface area contributed by atoms with E-state index in [1.807, 2.05) is 41.8 Å². The molecule has 0 saturated carbocycles. The lowest BCUT2D eigenvalue weighted by atomic mass is 10.0. The normalized spacial score (nSPS) is 11.4. The zero-order chi connectivity index (χ0) is 21.3. The fourth-order valence-electron chi connectivity index (χ4n) is 2.98. The van der Waals surface area contributed by atoms with Gasteiger partial charge in [-0.2, -0.15) is 0 Å². The Bertz CT molecular complexity index is 1000. The highest BCUT2D eigenvalue weighted by Crippen LogP contribution is 2.11. The maximum Gasteiger partial charge on any atom is 0.262 e. The van der Waals surface area contributed by atoms with Crippen LogP contribution >= 0.6 is 11.3 Å². The average molecular weight is 422 g/mol. The largest absolute Gasteiger partial charge is 0.355 e. The summed E-state index contributed by atoms with van der Waals surface area (Å²) in [5, 5.41) is 10.1. The monoisotopic (exact) mass is 421 g/mol. The van der Waals surface area contributed by atoms with E-state index in [0.29, 0.717) is 16.9 Å². The highest BCUT2D eigenvalue weighted by atomic mass is 32.1. The van der Waals surface area contributed by atoms with Crippen molar-refractivity contribution in [3.8, 4) is 0 Å². The van der Waals surface area contributed by atoms with E-state index in [-0.39, 0.29) is 24.3 Å². The molecule has 0 saturated heterocycles. The molecule has 1 unspecified atom stereocenters. The van der Waals surface area contributed by atoms with Crippen molar-refractivity contribution in [2.45, 2.75) is 19.0 Å². The summed E-state index contributed by atoms with van der Waals surface area (Å²) in [6.45, 7) is 0.254. The van der Waals surface area contributed by atoms with E-state index in [9.17, 15) is 14.4 Å². The first-order valence-electron chi connectivity index (χ1n) is 9.54. The van der Waals surface area contributed by atoms with Gasteiger partial charge in [0.25, 0.3) is 11.8 Å². The van der Waals surface area contributed by atoms with Gasteiger partial charge >= 0.3 is 0 Å². The lowest BCUT2D eigenvalue weighted by molar-refractivity contribution is -0.123. The van der Waals surface area contributed by atoms with Crippen molar-refractivity contribution in [1.29, 1.82) is 0 Å². The van der Waals surface area contributed by atoms with E-state index in [1.165, 1.54) is 11.3 Å². The number of carbonyl (C=O) groups is 3. The van der Waals surface area contributed by atoms with Gasteiger partial charge in [-0.1, -0.05) is 48.5 Å². The van der Waals surface area contributed by atoms with Crippen LogP contribution in [0.15, 0.2) is 72.1 Å². The van der Waals surface area contributed by atoms with Gasteiger partial charge in [-0.05, 0) is 34.7 Å². The van der Waals surface area contributed by atoms with Crippen LogP contribution in [0.3, 0.4) is 0 Å². The fourth-order valence-corrected chi connectivity index (χ4v) is 3.60. The van der Waals surface area contributed by atoms with E-state index in [2.05, 4.69) is 16.0 Å². The van der Waals surface area contributed by atoms with Gasteiger partial charge in [0.2, 0.25) is 5.91 Å². The molecule has 1 aromatic heterocycles. The van der Waals surface area contributed by atoms with E-state index >= 15 is 0 Å². The number of amides is 3. The third kappa shape index (κ3) is 5.78. The van der Waals surface area contributed by atoms with Gasteiger partial charge in [0.1, 0.15) is 6.04 Å². The molecule has 0 aliphatic carbocycles. The van der Waals surface area contributed by atoms with Crippen LogP contribution in [0.5, 0.6) is 0 Å². The Kier molecular flexibility index (Phi) is 7.34. The highest BCUT2D eigenvalue weighted by Gasteiger charge is 2.22. The van der Waals surface area contributed by atoms with Crippen molar-refractivity contribution in [3.63, 3.8) is 0 Å². The van der Waals surface area contributed by atoms with Crippen molar-refractivity contribution in [2.24, 2.45) is 0 Å². The lowest BCUT2D eigenvalue weighted by Crippen LogP contribution is -2.47. The van der Waals surface area contributed by atoms with Gasteiger partial charge in [0.15, 0.2) is 0 Å². The maximum absolute atomic E-state index is 12.9. The molecule has 30 heavy (non-hydrogen) atoms. The van der Waals surface area contributed by atoms with Crippen LogP contribution in [0, 0.1) is 0 Å². The Labute approximate surface area is 179 Å². The standard InChI is InChI=1S/C23H23N3O3S/c1-24-21(27)18-10-5-9-17(13-18)15-25-22(28)19(14-16-7-3-2-4-8-16)26-23(29)20-11-6-12-30-20/h2-13,19H,14-15H2,1H3,(H,24,27)(H,25,28)(H,26,29). The fraction of sp³-hybridized carbons (Fsp3) is 0.174. The van der Waals surface area contributed by atoms with Crippen molar-refractivity contribution in [1.82, 2.24) is 16.0 Å². The zero-order valence-electron chi connectivity index (χ0n) is 16.6. The molecule has 3 aromatic rings. The van der Waals surface area contributed by atoms with E-state index < -0.39 is 6.04 Å². The Morgan fingerprint density at radius 2 is 1.67 bits per heavy atom. The van der Waals surface area contributed by atoms with Crippen molar-refractivity contribution < 1.29 is 14.4 Å². The van der Waals surface area contributed by atoms with Gasteiger partial charge in [0.05, 0.1) is 4.88 Å². The molecule has 1 heterocycles. The first kappa shape index (κ1) is 21.3. The summed E-state index contributed by atoms with van der Waals surface area (Å²) in [5.41, 5.74) is 2.27. The third-order valence-electron chi connectivity index (χ3n) is 4.53. The Morgan fingerprint density at radius 3 is 2.37 bits per heavy atom. The molecule has 154 valence electrons. The summed E-state index contributed by atoms with van der Waals surface area (Å²) in [6.07, 6.45) is 0.377. The Morgan fingerprint density at radius 1 is 0.900 bits per heavy atom. The molecule has 0 radical (unpaired) electrons. The SMILES string of the molecule is CNC(=O)c1cccc(CNC(=O)C(Cc2ccccc2)NC(=O)c2cccs2)c1. The number of nitrogens with one attached hydrogen (secondary N) is 3. The van der Waals surface area contributed by atoms with Gasteiger partial charge in [-0.25, -0.2) is 0 Å². The summed E-state index contributed by atoms with van der Waals surface area (Å²) in [7, 11) is 1.57. The first-order chi connectivity index (χ1) is 14.6.